The van der Waals surface area contributed by atoms with E-state index in [0.29, 0.717) is 17.5 Å². The lowest BCUT2D eigenvalue weighted by atomic mass is 9.84. The van der Waals surface area contributed by atoms with Crippen molar-refractivity contribution >= 4 is 11.7 Å². The largest absolute Gasteiger partial charge is 0.489 e. The van der Waals surface area contributed by atoms with E-state index in [2.05, 4.69) is 39.2 Å². The van der Waals surface area contributed by atoms with Gasteiger partial charge in [0, 0.05) is 37.7 Å². The molecule has 2 aliphatic rings. The van der Waals surface area contributed by atoms with Crippen LogP contribution in [0.25, 0.3) is 0 Å². The average Bonchev–Trinajstić information content (AvgIpc) is 2.79. The maximum Gasteiger partial charge on any atom is 0.275 e. The number of amides is 1. The monoisotopic (exact) mass is 423 g/mol. The van der Waals surface area contributed by atoms with E-state index in [0.717, 1.165) is 55.2 Å². The molecule has 1 fully saturated rings. The van der Waals surface area contributed by atoms with Crippen LogP contribution in [0.2, 0.25) is 0 Å². The summed E-state index contributed by atoms with van der Waals surface area (Å²) < 4.78 is 11.1. The van der Waals surface area contributed by atoms with Crippen molar-refractivity contribution in [3.8, 4) is 11.6 Å². The Bertz CT molecular complexity index is 981. The molecule has 1 saturated heterocycles. The van der Waals surface area contributed by atoms with Gasteiger partial charge in [0.2, 0.25) is 5.88 Å². The predicted molar refractivity (Wildman–Crippen MR) is 117 cm³/mol. The van der Waals surface area contributed by atoms with Crippen LogP contribution >= 0.6 is 0 Å². The number of aromatic nitrogens is 3. The number of hydrogen-bond acceptors (Lipinski definition) is 7. The lowest BCUT2D eigenvalue weighted by molar-refractivity contribution is 0.0954. The third-order valence-corrected chi connectivity index (χ3v) is 6.14. The van der Waals surface area contributed by atoms with Gasteiger partial charge in [0.25, 0.3) is 5.91 Å². The summed E-state index contributed by atoms with van der Waals surface area (Å²) >= 11 is 0. The molecule has 1 aliphatic heterocycles. The van der Waals surface area contributed by atoms with Crippen LogP contribution in [0.5, 0.6) is 11.6 Å². The third-order valence-electron chi connectivity index (χ3n) is 6.14. The zero-order valence-corrected chi connectivity index (χ0v) is 18.5. The Kier molecular flexibility index (Phi) is 6.06. The highest BCUT2D eigenvalue weighted by molar-refractivity contribution is 5.93. The van der Waals surface area contributed by atoms with E-state index in [1.165, 1.54) is 5.57 Å². The van der Waals surface area contributed by atoms with E-state index in [1.807, 2.05) is 19.1 Å². The molecule has 1 amide bonds. The number of rotatable bonds is 6. The fourth-order valence-corrected chi connectivity index (χ4v) is 3.97. The fraction of sp³-hybridized carbons (Fsp3) is 0.478. The summed E-state index contributed by atoms with van der Waals surface area (Å²) in [6, 6.07) is 5.49. The topological polar surface area (TPSA) is 89.5 Å². The smallest absolute Gasteiger partial charge is 0.275 e. The summed E-state index contributed by atoms with van der Waals surface area (Å²) in [7, 11) is 1.59. The fourth-order valence-electron chi connectivity index (χ4n) is 3.97. The van der Waals surface area contributed by atoms with Crippen LogP contribution in [0, 0.1) is 12.8 Å². The van der Waals surface area contributed by atoms with Crippen molar-refractivity contribution < 1.29 is 14.3 Å². The van der Waals surface area contributed by atoms with Crippen LogP contribution in [0.4, 0.5) is 5.82 Å². The van der Waals surface area contributed by atoms with Crippen LogP contribution < -0.4 is 19.7 Å². The lowest BCUT2D eigenvalue weighted by Gasteiger charge is -2.33. The molecule has 3 heterocycles. The van der Waals surface area contributed by atoms with Crippen molar-refractivity contribution in [2.75, 3.05) is 25.1 Å². The molecule has 164 valence electrons. The first-order valence-corrected chi connectivity index (χ1v) is 10.7. The number of allylic oxidation sites excluding steroid dienone is 2. The first kappa shape index (κ1) is 21.1. The maximum absolute atomic E-state index is 12.5. The van der Waals surface area contributed by atoms with Crippen molar-refractivity contribution in [1.82, 2.24) is 20.5 Å². The number of ether oxygens (including phenoxy) is 2. The average molecular weight is 424 g/mol. The highest BCUT2D eigenvalue weighted by atomic mass is 16.5. The maximum atomic E-state index is 12.5. The van der Waals surface area contributed by atoms with Gasteiger partial charge in [0.1, 0.15) is 11.9 Å². The minimum absolute atomic E-state index is 0.131. The Morgan fingerprint density at radius 3 is 2.55 bits per heavy atom. The first-order valence-electron chi connectivity index (χ1n) is 10.7. The molecule has 31 heavy (non-hydrogen) atoms. The molecule has 4 rings (SSSR count). The summed E-state index contributed by atoms with van der Waals surface area (Å²) in [5, 5.41) is 11.5. The Hall–Kier alpha value is -3.16. The molecule has 0 spiro atoms. The molecule has 2 aromatic rings. The summed E-state index contributed by atoms with van der Waals surface area (Å²) in [4.78, 5) is 18.9. The predicted octanol–water partition coefficient (Wildman–Crippen LogP) is 3.28. The standard InChI is InChI=1S/C23H29N5O3/c1-14-11-19(16(14)3)25-23(29)20-12-15(2)22(27-26-20)28-9-7-17(8-10-28)31-18-5-6-21(30-4)24-13-18/h5-6,12-14,17H,7-11H2,1-4H3,(H,25,29). The second kappa shape index (κ2) is 8.91. The molecule has 1 N–H and O–H groups in total. The molecule has 1 aliphatic carbocycles. The van der Waals surface area contributed by atoms with Gasteiger partial charge in [-0.25, -0.2) is 4.98 Å². The van der Waals surface area contributed by atoms with Crippen molar-refractivity contribution in [2.24, 2.45) is 5.92 Å². The zero-order chi connectivity index (χ0) is 22.0. The van der Waals surface area contributed by atoms with Gasteiger partial charge in [-0.05, 0) is 43.9 Å². The van der Waals surface area contributed by atoms with E-state index < -0.39 is 0 Å². The molecule has 1 atom stereocenters. The van der Waals surface area contributed by atoms with Crippen LogP contribution in [0.1, 0.15) is 49.2 Å². The van der Waals surface area contributed by atoms with Crippen molar-refractivity contribution in [3.05, 3.63) is 46.9 Å². The van der Waals surface area contributed by atoms with Crippen molar-refractivity contribution in [1.29, 1.82) is 0 Å². The quantitative estimate of drug-likeness (QED) is 0.763. The second-order valence-corrected chi connectivity index (χ2v) is 8.30. The number of carbonyl (C=O) groups excluding carboxylic acids is 1. The molecule has 0 bridgehead atoms. The molecule has 0 saturated carbocycles. The summed E-state index contributed by atoms with van der Waals surface area (Å²) in [5.74, 6) is 2.50. The highest BCUT2D eigenvalue weighted by Crippen LogP contribution is 2.32. The molecule has 8 nitrogen and oxygen atoms in total. The summed E-state index contributed by atoms with van der Waals surface area (Å²) in [6.07, 6.45) is 4.48. The summed E-state index contributed by atoms with van der Waals surface area (Å²) in [5.41, 5.74) is 3.55. The van der Waals surface area contributed by atoms with Crippen LogP contribution in [0.3, 0.4) is 0 Å². The van der Waals surface area contributed by atoms with Gasteiger partial charge in [-0.2, -0.15) is 0 Å². The SMILES string of the molecule is COc1ccc(OC2CCN(c3nnc(C(=O)NC4=C(C)C(C)C4)cc3C)CC2)cn1. The van der Waals surface area contributed by atoms with Crippen molar-refractivity contribution in [2.45, 2.75) is 46.1 Å². The van der Waals surface area contributed by atoms with Gasteiger partial charge in [0.15, 0.2) is 11.5 Å². The van der Waals surface area contributed by atoms with Gasteiger partial charge in [-0.15, -0.1) is 10.2 Å². The van der Waals surface area contributed by atoms with Crippen LogP contribution in [-0.2, 0) is 0 Å². The van der Waals surface area contributed by atoms with Gasteiger partial charge < -0.3 is 19.7 Å². The number of hydrogen-bond donors (Lipinski definition) is 1. The Balaban J connectivity index is 1.33. The second-order valence-electron chi connectivity index (χ2n) is 8.30. The molecule has 1 unspecified atom stereocenters. The van der Waals surface area contributed by atoms with Crippen molar-refractivity contribution in [3.63, 3.8) is 0 Å². The van der Waals surface area contributed by atoms with Gasteiger partial charge in [-0.1, -0.05) is 12.5 Å². The van der Waals surface area contributed by atoms with E-state index in [9.17, 15) is 4.79 Å². The number of piperidine rings is 1. The number of methoxy groups -OCH3 is 1. The van der Waals surface area contributed by atoms with Gasteiger partial charge >= 0.3 is 0 Å². The highest BCUT2D eigenvalue weighted by Gasteiger charge is 2.26. The molecule has 0 aromatic carbocycles. The molecular formula is C23H29N5O3. The lowest BCUT2D eigenvalue weighted by Crippen LogP contribution is -2.39. The Morgan fingerprint density at radius 1 is 1.19 bits per heavy atom. The van der Waals surface area contributed by atoms with E-state index in [4.69, 9.17) is 9.47 Å². The first-order chi connectivity index (χ1) is 14.9. The van der Waals surface area contributed by atoms with E-state index >= 15 is 0 Å². The number of nitrogens with zero attached hydrogens (tertiary/aromatic N) is 4. The number of anilines is 1. The molecular weight excluding hydrogens is 394 g/mol. The summed E-state index contributed by atoms with van der Waals surface area (Å²) in [6.45, 7) is 7.83. The Morgan fingerprint density at radius 2 is 1.97 bits per heavy atom. The normalized spacial score (nSPS) is 19.1. The van der Waals surface area contributed by atoms with E-state index in [1.54, 1.807) is 19.4 Å². The zero-order valence-electron chi connectivity index (χ0n) is 18.5. The molecule has 2 aromatic heterocycles. The molecule has 0 radical (unpaired) electrons. The minimum atomic E-state index is -0.191. The Labute approximate surface area is 182 Å². The number of aryl methyl sites for hydroxylation is 1. The van der Waals surface area contributed by atoms with Crippen LogP contribution in [0.15, 0.2) is 35.7 Å². The van der Waals surface area contributed by atoms with E-state index in [-0.39, 0.29) is 12.0 Å². The molecule has 8 heteroatoms. The van der Waals surface area contributed by atoms with Gasteiger partial charge in [-0.3, -0.25) is 4.79 Å². The number of pyridine rings is 1. The number of carbonyl (C=O) groups is 1. The number of nitrogens with one attached hydrogen (secondary N) is 1. The minimum Gasteiger partial charge on any atom is -0.489 e. The van der Waals surface area contributed by atoms with Crippen LogP contribution in [-0.4, -0.2) is 47.4 Å². The van der Waals surface area contributed by atoms with Gasteiger partial charge in [0.05, 0.1) is 13.3 Å². The third kappa shape index (κ3) is 4.62.